The van der Waals surface area contributed by atoms with Crippen LogP contribution in [0.25, 0.3) is 0 Å². The second-order valence-corrected chi connectivity index (χ2v) is 3.56. The van der Waals surface area contributed by atoms with E-state index < -0.39 is 17.6 Å². The van der Waals surface area contributed by atoms with Gasteiger partial charge in [0, 0.05) is 30.6 Å². The van der Waals surface area contributed by atoms with Crippen LogP contribution in [-0.2, 0) is 11.3 Å². The molecule has 0 spiro atoms. The van der Waals surface area contributed by atoms with E-state index in [0.29, 0.717) is 12.1 Å². The largest absolute Gasteiger partial charge is 0.370 e. The van der Waals surface area contributed by atoms with Crippen LogP contribution in [0.5, 0.6) is 0 Å². The van der Waals surface area contributed by atoms with Crippen LogP contribution in [0.4, 0.5) is 4.39 Å². The minimum absolute atomic E-state index is 0.128. The number of benzene rings is 1. The van der Waals surface area contributed by atoms with Gasteiger partial charge in [0.2, 0.25) is 11.8 Å². The summed E-state index contributed by atoms with van der Waals surface area (Å²) in [5.41, 5.74) is 10.5. The van der Waals surface area contributed by atoms with Crippen LogP contribution in [0, 0.1) is 5.82 Å². The first kappa shape index (κ1) is 13.1. The van der Waals surface area contributed by atoms with Crippen molar-refractivity contribution in [3.63, 3.8) is 0 Å². The average Bonchev–Trinajstić information content (AvgIpc) is 2.25. The Morgan fingerprint density at radius 3 is 2.53 bits per heavy atom. The van der Waals surface area contributed by atoms with E-state index in [0.717, 1.165) is 6.07 Å². The average molecular weight is 239 g/mol. The van der Waals surface area contributed by atoms with Crippen LogP contribution >= 0.6 is 0 Å². The number of carbonyl (C=O) groups is 2. The standard InChI is InChI=1S/C11H14FN3O2/c12-9-5-7(11(14)17)1-2-8(9)6-15-4-3-10(13)16/h1-2,5,15H,3-4,6H2,(H2,13,16)(H2,14,17). The lowest BCUT2D eigenvalue weighted by atomic mass is 10.1. The van der Waals surface area contributed by atoms with Gasteiger partial charge in [-0.25, -0.2) is 4.39 Å². The van der Waals surface area contributed by atoms with Crippen molar-refractivity contribution in [2.45, 2.75) is 13.0 Å². The van der Waals surface area contributed by atoms with Gasteiger partial charge in [0.25, 0.3) is 0 Å². The Kier molecular flexibility index (Phi) is 4.59. The first-order chi connectivity index (χ1) is 8.00. The van der Waals surface area contributed by atoms with Crippen molar-refractivity contribution >= 4 is 11.8 Å². The maximum absolute atomic E-state index is 13.5. The Balaban J connectivity index is 2.54. The van der Waals surface area contributed by atoms with E-state index in [1.165, 1.54) is 12.1 Å². The Bertz CT molecular complexity index is 435. The number of amides is 2. The predicted molar refractivity (Wildman–Crippen MR) is 60.4 cm³/mol. The number of primary amides is 2. The van der Waals surface area contributed by atoms with Crippen molar-refractivity contribution in [3.05, 3.63) is 35.1 Å². The molecule has 0 heterocycles. The number of rotatable bonds is 6. The van der Waals surface area contributed by atoms with Gasteiger partial charge in [-0.05, 0) is 12.1 Å². The van der Waals surface area contributed by atoms with E-state index in [-0.39, 0.29) is 18.5 Å². The summed E-state index contributed by atoms with van der Waals surface area (Å²) in [5, 5.41) is 2.87. The molecule has 0 aliphatic carbocycles. The molecule has 0 aliphatic heterocycles. The summed E-state index contributed by atoms with van der Waals surface area (Å²) in [6.45, 7) is 0.643. The van der Waals surface area contributed by atoms with Crippen LogP contribution in [-0.4, -0.2) is 18.4 Å². The highest BCUT2D eigenvalue weighted by Crippen LogP contribution is 2.09. The molecule has 5 nitrogen and oxygen atoms in total. The van der Waals surface area contributed by atoms with E-state index in [9.17, 15) is 14.0 Å². The van der Waals surface area contributed by atoms with Gasteiger partial charge in [-0.2, -0.15) is 0 Å². The van der Waals surface area contributed by atoms with Gasteiger partial charge in [-0.15, -0.1) is 0 Å². The second kappa shape index (κ2) is 5.95. The number of hydrogen-bond acceptors (Lipinski definition) is 3. The summed E-state index contributed by atoms with van der Waals surface area (Å²) in [7, 11) is 0. The quantitative estimate of drug-likeness (QED) is 0.604. The van der Waals surface area contributed by atoms with Gasteiger partial charge in [0.1, 0.15) is 5.82 Å². The van der Waals surface area contributed by atoms with E-state index in [1.54, 1.807) is 0 Å². The van der Waals surface area contributed by atoms with E-state index in [4.69, 9.17) is 11.5 Å². The highest BCUT2D eigenvalue weighted by Gasteiger charge is 2.06. The zero-order valence-corrected chi connectivity index (χ0v) is 9.20. The summed E-state index contributed by atoms with van der Waals surface area (Å²) in [6, 6.07) is 4.02. The molecule has 1 aromatic rings. The molecule has 0 fully saturated rings. The normalized spacial score (nSPS) is 10.2. The van der Waals surface area contributed by atoms with E-state index in [2.05, 4.69) is 5.32 Å². The molecular weight excluding hydrogens is 225 g/mol. The molecule has 5 N–H and O–H groups in total. The van der Waals surface area contributed by atoms with Crippen LogP contribution in [0.15, 0.2) is 18.2 Å². The minimum Gasteiger partial charge on any atom is -0.370 e. The van der Waals surface area contributed by atoms with Gasteiger partial charge in [-0.3, -0.25) is 9.59 Å². The molecule has 2 amide bonds. The maximum atomic E-state index is 13.5. The highest BCUT2D eigenvalue weighted by atomic mass is 19.1. The van der Waals surface area contributed by atoms with Crippen molar-refractivity contribution in [2.24, 2.45) is 11.5 Å². The molecule has 17 heavy (non-hydrogen) atoms. The fourth-order valence-electron chi connectivity index (χ4n) is 1.28. The number of nitrogens with one attached hydrogen (secondary N) is 1. The molecule has 0 radical (unpaired) electrons. The van der Waals surface area contributed by atoms with Crippen LogP contribution < -0.4 is 16.8 Å². The molecule has 0 saturated heterocycles. The molecule has 6 heteroatoms. The third-order valence-electron chi connectivity index (χ3n) is 2.20. The van der Waals surface area contributed by atoms with Crippen molar-refractivity contribution in [1.82, 2.24) is 5.32 Å². The number of carbonyl (C=O) groups excluding carboxylic acids is 2. The van der Waals surface area contributed by atoms with E-state index in [1.807, 2.05) is 0 Å². The van der Waals surface area contributed by atoms with Crippen LogP contribution in [0.1, 0.15) is 22.3 Å². The molecule has 92 valence electrons. The number of nitrogens with two attached hydrogens (primary N) is 2. The number of halogens is 1. The van der Waals surface area contributed by atoms with Crippen LogP contribution in [0.2, 0.25) is 0 Å². The minimum atomic E-state index is -0.669. The lowest BCUT2D eigenvalue weighted by Gasteiger charge is -2.06. The van der Waals surface area contributed by atoms with Crippen molar-refractivity contribution < 1.29 is 14.0 Å². The molecule has 0 unspecified atom stereocenters. The van der Waals surface area contributed by atoms with Gasteiger partial charge >= 0.3 is 0 Å². The molecule has 1 rings (SSSR count). The summed E-state index contributed by atoms with van der Waals surface area (Å²) in [6.07, 6.45) is 0.195. The highest BCUT2D eigenvalue weighted by molar-refractivity contribution is 5.92. The Morgan fingerprint density at radius 2 is 2.00 bits per heavy atom. The Morgan fingerprint density at radius 1 is 1.29 bits per heavy atom. The van der Waals surface area contributed by atoms with Crippen LogP contribution in [0.3, 0.4) is 0 Å². The summed E-state index contributed by atoms with van der Waals surface area (Å²) in [4.78, 5) is 21.2. The predicted octanol–water partition coefficient (Wildman–Crippen LogP) is -0.110. The third-order valence-corrected chi connectivity index (χ3v) is 2.20. The van der Waals surface area contributed by atoms with Gasteiger partial charge in [0.15, 0.2) is 0 Å². The summed E-state index contributed by atoms with van der Waals surface area (Å²) < 4.78 is 13.5. The fourth-order valence-corrected chi connectivity index (χ4v) is 1.28. The molecule has 0 aromatic heterocycles. The molecule has 0 atom stereocenters. The molecule has 0 bridgehead atoms. The SMILES string of the molecule is NC(=O)CCNCc1ccc(C(N)=O)cc1F. The first-order valence-corrected chi connectivity index (χ1v) is 5.08. The molecule has 0 aliphatic rings. The molecule has 0 saturated carbocycles. The maximum Gasteiger partial charge on any atom is 0.248 e. The Hall–Kier alpha value is -1.95. The number of hydrogen-bond donors (Lipinski definition) is 3. The third kappa shape index (κ3) is 4.20. The zero-order valence-electron chi connectivity index (χ0n) is 9.20. The lowest BCUT2D eigenvalue weighted by molar-refractivity contribution is -0.117. The van der Waals surface area contributed by atoms with E-state index >= 15 is 0 Å². The molecular formula is C11H14FN3O2. The molecule has 1 aromatic carbocycles. The monoisotopic (exact) mass is 239 g/mol. The smallest absolute Gasteiger partial charge is 0.248 e. The lowest BCUT2D eigenvalue weighted by Crippen LogP contribution is -2.22. The zero-order chi connectivity index (χ0) is 12.8. The van der Waals surface area contributed by atoms with Gasteiger partial charge < -0.3 is 16.8 Å². The van der Waals surface area contributed by atoms with Crippen molar-refractivity contribution in [2.75, 3.05) is 6.54 Å². The first-order valence-electron chi connectivity index (χ1n) is 5.08. The van der Waals surface area contributed by atoms with Gasteiger partial charge in [-0.1, -0.05) is 6.07 Å². The van der Waals surface area contributed by atoms with Gasteiger partial charge in [0.05, 0.1) is 0 Å². The topological polar surface area (TPSA) is 98.2 Å². The summed E-state index contributed by atoms with van der Waals surface area (Å²) >= 11 is 0. The fraction of sp³-hybridized carbons (Fsp3) is 0.273. The summed E-state index contributed by atoms with van der Waals surface area (Å²) in [5.74, 6) is -1.59. The Labute approximate surface area is 98.0 Å². The van der Waals surface area contributed by atoms with Crippen molar-refractivity contribution in [1.29, 1.82) is 0 Å². The van der Waals surface area contributed by atoms with Crippen molar-refractivity contribution in [3.8, 4) is 0 Å². The second-order valence-electron chi connectivity index (χ2n) is 3.56.